The van der Waals surface area contributed by atoms with Gasteiger partial charge in [-0.15, -0.1) is 0 Å². The fraction of sp³-hybridized carbons (Fsp3) is 0.750. The molecule has 0 unspecified atom stereocenters. The van der Waals surface area contributed by atoms with Crippen LogP contribution in [0, 0.1) is 0 Å². The van der Waals surface area contributed by atoms with Gasteiger partial charge in [0.05, 0.1) is 0 Å². The highest BCUT2D eigenvalue weighted by Gasteiger charge is 1.76. The summed E-state index contributed by atoms with van der Waals surface area (Å²) in [6.45, 7) is 9.23. The van der Waals surface area contributed by atoms with E-state index in [0.717, 1.165) is 6.54 Å². The van der Waals surface area contributed by atoms with Crippen molar-refractivity contribution in [1.82, 2.24) is 4.90 Å². The van der Waals surface area contributed by atoms with E-state index in [1.165, 1.54) is 0 Å². The lowest BCUT2D eigenvalue weighted by Crippen LogP contribution is -2.07. The Bertz CT molecular complexity index is 57.6. The monoisotopic (exact) mass is 129 g/mol. The summed E-state index contributed by atoms with van der Waals surface area (Å²) in [5.41, 5.74) is 0. The minimum Gasteiger partial charge on any atom is -0.381 e. The van der Waals surface area contributed by atoms with Crippen LogP contribution in [-0.4, -0.2) is 18.5 Å². The molecule has 9 heavy (non-hydrogen) atoms. The molecule has 0 aliphatic rings. The molecule has 56 valence electrons. The third-order valence-corrected chi connectivity index (χ3v) is 0.902. The first kappa shape index (κ1) is 11.4. The maximum Gasteiger partial charge on any atom is 0.0140 e. The number of allylic oxidation sites excluding steroid dienone is 1. The Morgan fingerprint density at radius 3 is 1.89 bits per heavy atom. The van der Waals surface area contributed by atoms with Crippen molar-refractivity contribution >= 4 is 0 Å². The van der Waals surface area contributed by atoms with Crippen LogP contribution in [0.25, 0.3) is 0 Å². The molecule has 0 bridgehead atoms. The molecular weight excluding hydrogens is 110 g/mol. The molecule has 0 saturated carbocycles. The Balaban J connectivity index is 0. The number of hydrogen-bond donors (Lipinski definition) is 0. The van der Waals surface area contributed by atoms with E-state index in [-0.39, 0.29) is 0 Å². The first-order valence-corrected chi connectivity index (χ1v) is 3.64. The van der Waals surface area contributed by atoms with Gasteiger partial charge in [0, 0.05) is 13.6 Å². The Labute approximate surface area is 59.4 Å². The number of nitrogens with zero attached hydrogens (tertiary/aromatic N) is 1. The fourth-order valence-electron chi connectivity index (χ4n) is 0.360. The van der Waals surface area contributed by atoms with Gasteiger partial charge in [0.25, 0.3) is 0 Å². The van der Waals surface area contributed by atoms with Crippen molar-refractivity contribution in [3.8, 4) is 0 Å². The molecule has 0 spiro atoms. The molecule has 0 aliphatic heterocycles. The van der Waals surface area contributed by atoms with E-state index >= 15 is 0 Å². The van der Waals surface area contributed by atoms with Gasteiger partial charge in [-0.25, -0.2) is 0 Å². The fourth-order valence-corrected chi connectivity index (χ4v) is 0.360. The van der Waals surface area contributed by atoms with E-state index < -0.39 is 0 Å². The largest absolute Gasteiger partial charge is 0.381 e. The maximum absolute atomic E-state index is 2.12. The minimum absolute atomic E-state index is 1.09. The lowest BCUT2D eigenvalue weighted by molar-refractivity contribution is 0.483. The molecule has 0 rings (SSSR count). The molecule has 1 heteroatoms. The Hall–Kier alpha value is -0.460. The van der Waals surface area contributed by atoms with Crippen molar-refractivity contribution in [2.75, 3.05) is 13.6 Å². The second-order valence-electron chi connectivity index (χ2n) is 1.56. The van der Waals surface area contributed by atoms with Crippen molar-refractivity contribution in [2.24, 2.45) is 0 Å². The molecule has 1 nitrogen and oxygen atoms in total. The van der Waals surface area contributed by atoms with Crippen LogP contribution in [0.3, 0.4) is 0 Å². The summed E-state index contributed by atoms with van der Waals surface area (Å²) < 4.78 is 0. The first-order chi connectivity index (χ1) is 4.31. The first-order valence-electron chi connectivity index (χ1n) is 3.64. The van der Waals surface area contributed by atoms with Crippen LogP contribution < -0.4 is 0 Å². The quantitative estimate of drug-likeness (QED) is 0.553. The van der Waals surface area contributed by atoms with Crippen LogP contribution >= 0.6 is 0 Å². The van der Waals surface area contributed by atoms with Crippen molar-refractivity contribution in [2.45, 2.75) is 27.7 Å². The van der Waals surface area contributed by atoms with Crippen LogP contribution in [0.4, 0.5) is 0 Å². The molecule has 0 fully saturated rings. The summed E-state index contributed by atoms with van der Waals surface area (Å²) in [4.78, 5) is 2.12. The normalized spacial score (nSPS) is 8.56. The summed E-state index contributed by atoms with van der Waals surface area (Å²) in [5, 5.41) is 0. The van der Waals surface area contributed by atoms with E-state index in [0.29, 0.717) is 0 Å². The van der Waals surface area contributed by atoms with Crippen LogP contribution in [-0.2, 0) is 0 Å². The Kier molecular flexibility index (Phi) is 13.3. The molecule has 0 aromatic carbocycles. The topological polar surface area (TPSA) is 3.24 Å². The number of rotatable bonds is 2. The Morgan fingerprint density at radius 2 is 1.78 bits per heavy atom. The second kappa shape index (κ2) is 10.5. The van der Waals surface area contributed by atoms with Crippen molar-refractivity contribution in [3.05, 3.63) is 12.3 Å². The number of hydrogen-bond acceptors (Lipinski definition) is 1. The van der Waals surface area contributed by atoms with Crippen LogP contribution in [0.5, 0.6) is 0 Å². The summed E-state index contributed by atoms with van der Waals surface area (Å²) in [6, 6.07) is 0. The molecule has 0 amide bonds. The molecule has 0 aliphatic carbocycles. The highest BCUT2D eigenvalue weighted by Crippen LogP contribution is 1.79. The van der Waals surface area contributed by atoms with Gasteiger partial charge >= 0.3 is 0 Å². The van der Waals surface area contributed by atoms with Gasteiger partial charge in [-0.3, -0.25) is 0 Å². The Morgan fingerprint density at radius 1 is 1.33 bits per heavy atom. The average molecular weight is 129 g/mol. The summed E-state index contributed by atoms with van der Waals surface area (Å²) in [6.07, 6.45) is 4.09. The van der Waals surface area contributed by atoms with Crippen LogP contribution in [0.1, 0.15) is 27.7 Å². The molecule has 0 saturated heterocycles. The van der Waals surface area contributed by atoms with E-state index in [9.17, 15) is 0 Å². The van der Waals surface area contributed by atoms with Gasteiger partial charge in [0.1, 0.15) is 0 Å². The van der Waals surface area contributed by atoms with Gasteiger partial charge in [0.2, 0.25) is 0 Å². The third kappa shape index (κ3) is 11.2. The molecular formula is C8H19N. The van der Waals surface area contributed by atoms with Crippen molar-refractivity contribution in [1.29, 1.82) is 0 Å². The standard InChI is InChI=1S/C6H13N.C2H6/c1-4-6-7(3)5-2;1-2/h4,6H,5H2,1-3H3;1-2H3/b6-4+;. The van der Waals surface area contributed by atoms with Crippen molar-refractivity contribution in [3.63, 3.8) is 0 Å². The van der Waals surface area contributed by atoms with Crippen LogP contribution in [0.2, 0.25) is 0 Å². The lowest BCUT2D eigenvalue weighted by atomic mass is 10.6. The zero-order valence-corrected chi connectivity index (χ0v) is 7.31. The molecule has 0 radical (unpaired) electrons. The SMILES string of the molecule is C/C=C/N(C)CC.CC. The molecule has 0 aromatic rings. The smallest absolute Gasteiger partial charge is 0.0140 e. The van der Waals surface area contributed by atoms with E-state index in [4.69, 9.17) is 0 Å². The zero-order valence-electron chi connectivity index (χ0n) is 7.31. The zero-order chi connectivity index (χ0) is 7.70. The van der Waals surface area contributed by atoms with Gasteiger partial charge in [-0.05, 0) is 20.0 Å². The van der Waals surface area contributed by atoms with E-state index in [2.05, 4.69) is 25.1 Å². The summed E-state index contributed by atoms with van der Waals surface area (Å²) in [7, 11) is 2.06. The summed E-state index contributed by atoms with van der Waals surface area (Å²) in [5.74, 6) is 0. The second-order valence-corrected chi connectivity index (χ2v) is 1.56. The van der Waals surface area contributed by atoms with E-state index in [1.54, 1.807) is 0 Å². The third-order valence-electron chi connectivity index (χ3n) is 0.902. The lowest BCUT2D eigenvalue weighted by Gasteiger charge is -2.07. The van der Waals surface area contributed by atoms with Crippen molar-refractivity contribution < 1.29 is 0 Å². The van der Waals surface area contributed by atoms with Crippen LogP contribution in [0.15, 0.2) is 12.3 Å². The summed E-state index contributed by atoms with van der Waals surface area (Å²) >= 11 is 0. The molecule has 0 heterocycles. The average Bonchev–Trinajstić information content (AvgIpc) is 1.93. The molecule has 0 aromatic heterocycles. The maximum atomic E-state index is 2.12. The van der Waals surface area contributed by atoms with Gasteiger partial charge in [-0.1, -0.05) is 19.9 Å². The van der Waals surface area contributed by atoms with E-state index in [1.807, 2.05) is 26.8 Å². The molecule has 0 atom stereocenters. The predicted molar refractivity (Wildman–Crippen MR) is 44.5 cm³/mol. The van der Waals surface area contributed by atoms with Gasteiger partial charge < -0.3 is 4.90 Å². The minimum atomic E-state index is 1.09. The van der Waals surface area contributed by atoms with Gasteiger partial charge in [0.15, 0.2) is 0 Å². The predicted octanol–water partition coefficient (Wildman–Crippen LogP) is 2.50. The highest BCUT2D eigenvalue weighted by atomic mass is 15.1. The molecule has 0 N–H and O–H groups in total. The van der Waals surface area contributed by atoms with Gasteiger partial charge in [-0.2, -0.15) is 0 Å². The highest BCUT2D eigenvalue weighted by molar-refractivity contribution is 4.74.